The number of aliphatic hydroxyl groups excluding tert-OH is 1. The number of hydrogen-bond acceptors (Lipinski definition) is 2. The molecule has 0 radical (unpaired) electrons. The first-order chi connectivity index (χ1) is 6.34. The monoisotopic (exact) mass is 248 g/mol. The van der Waals surface area contributed by atoms with Gasteiger partial charge in [-0.15, -0.1) is 0 Å². The van der Waals surface area contributed by atoms with Crippen molar-refractivity contribution in [3.63, 3.8) is 0 Å². The minimum Gasteiger partial charge on any atom is -0.394 e. The molecule has 0 saturated heterocycles. The first-order valence-electron chi connectivity index (χ1n) is 4.92. The second-order valence-electron chi connectivity index (χ2n) is 3.31. The van der Waals surface area contributed by atoms with Crippen molar-refractivity contribution >= 4 is 15.9 Å². The Morgan fingerprint density at radius 1 is 1.46 bits per heavy atom. The van der Waals surface area contributed by atoms with Gasteiger partial charge in [0, 0.05) is 4.48 Å². The molecule has 0 amide bonds. The third kappa shape index (κ3) is 4.25. The van der Waals surface area contributed by atoms with E-state index in [1.54, 1.807) is 0 Å². The molecule has 76 valence electrons. The Morgan fingerprint density at radius 2 is 2.31 bits per heavy atom. The van der Waals surface area contributed by atoms with Crippen LogP contribution in [-0.2, 0) is 4.74 Å². The third-order valence-electron chi connectivity index (χ3n) is 2.23. The summed E-state index contributed by atoms with van der Waals surface area (Å²) in [5.74, 6) is 0. The van der Waals surface area contributed by atoms with E-state index < -0.39 is 0 Å². The number of ether oxygens (including phenoxy) is 1. The minimum atomic E-state index is 0.108. The van der Waals surface area contributed by atoms with Crippen molar-refractivity contribution < 1.29 is 9.84 Å². The van der Waals surface area contributed by atoms with Crippen LogP contribution in [0.1, 0.15) is 32.1 Å². The van der Waals surface area contributed by atoms with Crippen molar-refractivity contribution in [2.75, 3.05) is 13.2 Å². The fraction of sp³-hybridized carbons (Fsp3) is 0.800. The van der Waals surface area contributed by atoms with Gasteiger partial charge in [-0.3, -0.25) is 0 Å². The highest BCUT2D eigenvalue weighted by atomic mass is 79.9. The maximum atomic E-state index is 8.65. The van der Waals surface area contributed by atoms with Crippen molar-refractivity contribution in [2.24, 2.45) is 0 Å². The number of rotatable bonds is 3. The summed E-state index contributed by atoms with van der Waals surface area (Å²) in [6.45, 7) is 0.546. The molecule has 1 aliphatic carbocycles. The number of aliphatic hydroxyl groups is 1. The zero-order chi connectivity index (χ0) is 9.52. The van der Waals surface area contributed by atoms with Crippen LogP contribution in [0.2, 0.25) is 0 Å². The predicted octanol–water partition coefficient (Wildman–Crippen LogP) is 2.61. The lowest BCUT2D eigenvalue weighted by Crippen LogP contribution is -2.16. The molecule has 0 heterocycles. The average Bonchev–Trinajstić information content (AvgIpc) is 2.11. The summed E-state index contributed by atoms with van der Waals surface area (Å²) in [5.41, 5.74) is 0. The van der Waals surface area contributed by atoms with Crippen molar-refractivity contribution in [1.29, 1.82) is 0 Å². The normalized spacial score (nSPS) is 24.8. The Bertz CT molecular complexity index is 168. The topological polar surface area (TPSA) is 29.5 Å². The maximum absolute atomic E-state index is 8.65. The summed E-state index contributed by atoms with van der Waals surface area (Å²) < 4.78 is 6.67. The van der Waals surface area contributed by atoms with E-state index in [0.717, 1.165) is 17.3 Å². The second kappa shape index (κ2) is 6.57. The molecule has 0 fully saturated rings. The van der Waals surface area contributed by atoms with Crippen LogP contribution in [0, 0.1) is 0 Å². The highest BCUT2D eigenvalue weighted by molar-refractivity contribution is 9.11. The van der Waals surface area contributed by atoms with Crippen molar-refractivity contribution in [3.05, 3.63) is 10.6 Å². The van der Waals surface area contributed by atoms with Gasteiger partial charge in [-0.25, -0.2) is 0 Å². The van der Waals surface area contributed by atoms with Crippen molar-refractivity contribution in [2.45, 2.75) is 38.2 Å². The Morgan fingerprint density at radius 3 is 3.08 bits per heavy atom. The summed E-state index contributed by atoms with van der Waals surface area (Å²) in [7, 11) is 0. The molecule has 1 atom stereocenters. The fourth-order valence-corrected chi connectivity index (χ4v) is 2.11. The van der Waals surface area contributed by atoms with E-state index >= 15 is 0 Å². The molecule has 0 spiro atoms. The summed E-state index contributed by atoms with van der Waals surface area (Å²) >= 11 is 3.52. The van der Waals surface area contributed by atoms with Gasteiger partial charge in [-0.05, 0) is 19.3 Å². The van der Waals surface area contributed by atoms with E-state index in [0.29, 0.717) is 6.61 Å². The molecule has 13 heavy (non-hydrogen) atoms. The van der Waals surface area contributed by atoms with E-state index in [1.165, 1.54) is 19.3 Å². The molecule has 1 unspecified atom stereocenters. The van der Waals surface area contributed by atoms with Crippen LogP contribution in [0.4, 0.5) is 0 Å². The van der Waals surface area contributed by atoms with Crippen molar-refractivity contribution in [3.8, 4) is 0 Å². The molecule has 0 saturated carbocycles. The van der Waals surface area contributed by atoms with E-state index in [1.807, 2.05) is 0 Å². The van der Waals surface area contributed by atoms with E-state index in [-0.39, 0.29) is 12.7 Å². The zero-order valence-corrected chi connectivity index (χ0v) is 9.42. The molecule has 0 aromatic heterocycles. The Balaban J connectivity index is 2.41. The van der Waals surface area contributed by atoms with E-state index in [4.69, 9.17) is 9.84 Å². The molecule has 0 aliphatic heterocycles. The van der Waals surface area contributed by atoms with Crippen LogP contribution >= 0.6 is 15.9 Å². The standard InChI is InChI=1S/C10H17BrO2/c11-9-5-3-1-2-4-6-10(9)13-8-7-12/h5,10,12H,1-4,6-8H2. The van der Waals surface area contributed by atoms with E-state index in [9.17, 15) is 0 Å². The van der Waals surface area contributed by atoms with Gasteiger partial charge in [0.25, 0.3) is 0 Å². The lowest BCUT2D eigenvalue weighted by atomic mass is 10.0. The first kappa shape index (κ1) is 11.2. The molecule has 1 aliphatic rings. The molecular formula is C10H17BrO2. The number of halogens is 1. The molecule has 0 aromatic carbocycles. The zero-order valence-electron chi connectivity index (χ0n) is 7.84. The fourth-order valence-electron chi connectivity index (χ4n) is 1.52. The smallest absolute Gasteiger partial charge is 0.0887 e. The Hall–Kier alpha value is 0.140. The summed E-state index contributed by atoms with van der Waals surface area (Å²) in [4.78, 5) is 0. The minimum absolute atomic E-state index is 0.108. The Labute approximate surface area is 88.1 Å². The van der Waals surface area contributed by atoms with Crippen molar-refractivity contribution in [1.82, 2.24) is 0 Å². The van der Waals surface area contributed by atoms with Gasteiger partial charge in [0.05, 0.1) is 19.3 Å². The van der Waals surface area contributed by atoms with Gasteiger partial charge in [0.15, 0.2) is 0 Å². The predicted molar refractivity (Wildman–Crippen MR) is 56.9 cm³/mol. The van der Waals surface area contributed by atoms with Gasteiger partial charge < -0.3 is 9.84 Å². The second-order valence-corrected chi connectivity index (χ2v) is 4.23. The quantitative estimate of drug-likeness (QED) is 0.833. The summed E-state index contributed by atoms with van der Waals surface area (Å²) in [6, 6.07) is 0. The van der Waals surface area contributed by atoms with Gasteiger partial charge in [0.1, 0.15) is 0 Å². The number of allylic oxidation sites excluding steroid dienone is 1. The van der Waals surface area contributed by atoms with Gasteiger partial charge >= 0.3 is 0 Å². The summed E-state index contributed by atoms with van der Waals surface area (Å²) in [6.07, 6.45) is 8.36. The molecule has 3 heteroatoms. The largest absolute Gasteiger partial charge is 0.394 e. The van der Waals surface area contributed by atoms with Gasteiger partial charge in [-0.2, -0.15) is 0 Å². The lowest BCUT2D eigenvalue weighted by molar-refractivity contribution is 0.0467. The highest BCUT2D eigenvalue weighted by Crippen LogP contribution is 2.24. The molecule has 0 bridgehead atoms. The van der Waals surface area contributed by atoms with Crippen LogP contribution in [0.5, 0.6) is 0 Å². The van der Waals surface area contributed by atoms with Crippen LogP contribution in [-0.4, -0.2) is 24.4 Å². The lowest BCUT2D eigenvalue weighted by Gasteiger charge is -2.19. The molecule has 0 aromatic rings. The highest BCUT2D eigenvalue weighted by Gasteiger charge is 2.13. The van der Waals surface area contributed by atoms with E-state index in [2.05, 4.69) is 22.0 Å². The molecular weight excluding hydrogens is 232 g/mol. The SMILES string of the molecule is OCCOC1CCCCCC=C1Br. The summed E-state index contributed by atoms with van der Waals surface area (Å²) in [5, 5.41) is 8.65. The van der Waals surface area contributed by atoms with Crippen LogP contribution in [0.15, 0.2) is 10.6 Å². The molecule has 1 rings (SSSR count). The molecule has 2 nitrogen and oxygen atoms in total. The van der Waals surface area contributed by atoms with Gasteiger partial charge in [-0.1, -0.05) is 34.8 Å². The van der Waals surface area contributed by atoms with Crippen LogP contribution in [0.25, 0.3) is 0 Å². The first-order valence-corrected chi connectivity index (χ1v) is 5.72. The third-order valence-corrected chi connectivity index (χ3v) is 3.06. The molecule has 1 N–H and O–H groups in total. The average molecular weight is 249 g/mol. The maximum Gasteiger partial charge on any atom is 0.0887 e. The number of hydrogen-bond donors (Lipinski definition) is 1. The van der Waals surface area contributed by atoms with Crippen LogP contribution < -0.4 is 0 Å². The van der Waals surface area contributed by atoms with Gasteiger partial charge in [0.2, 0.25) is 0 Å². The van der Waals surface area contributed by atoms with Crippen LogP contribution in [0.3, 0.4) is 0 Å². The Kier molecular flexibility index (Phi) is 5.67.